The van der Waals surface area contributed by atoms with Crippen LogP contribution in [0.4, 0.5) is 10.1 Å². The molecule has 1 aliphatic rings. The molecule has 0 aliphatic carbocycles. The standard InChI is InChI=1S/C16H12ClFN2O3/c17-10-2-1-3-11(18)15(10)16(22)19-7-9-4-5-12-13(6-9)23-8-14(21)20-12/h1-6H,7-8H2,(H,19,22)(H,20,21). The first-order chi connectivity index (χ1) is 11.0. The van der Waals surface area contributed by atoms with Crippen LogP contribution in [0.1, 0.15) is 15.9 Å². The maximum Gasteiger partial charge on any atom is 0.262 e. The zero-order valence-electron chi connectivity index (χ0n) is 11.9. The second-order valence-corrected chi connectivity index (χ2v) is 5.35. The fourth-order valence-corrected chi connectivity index (χ4v) is 2.46. The minimum absolute atomic E-state index is 0.0480. The van der Waals surface area contributed by atoms with Gasteiger partial charge in [-0.3, -0.25) is 9.59 Å². The first kappa shape index (κ1) is 15.3. The fourth-order valence-electron chi connectivity index (χ4n) is 2.21. The molecule has 23 heavy (non-hydrogen) atoms. The van der Waals surface area contributed by atoms with E-state index < -0.39 is 11.7 Å². The lowest BCUT2D eigenvalue weighted by Crippen LogP contribution is -2.26. The van der Waals surface area contributed by atoms with Crippen LogP contribution in [0.5, 0.6) is 5.75 Å². The van der Waals surface area contributed by atoms with Gasteiger partial charge in [0.1, 0.15) is 11.6 Å². The Kier molecular flexibility index (Phi) is 4.16. The first-order valence-corrected chi connectivity index (χ1v) is 7.20. The summed E-state index contributed by atoms with van der Waals surface area (Å²) in [5, 5.41) is 5.34. The number of carbonyl (C=O) groups excluding carboxylic acids is 2. The SMILES string of the molecule is O=C1COc2cc(CNC(=O)c3c(F)cccc3Cl)ccc2N1. The Balaban J connectivity index is 1.71. The van der Waals surface area contributed by atoms with Gasteiger partial charge < -0.3 is 15.4 Å². The van der Waals surface area contributed by atoms with Gasteiger partial charge in [0.2, 0.25) is 0 Å². The highest BCUT2D eigenvalue weighted by molar-refractivity contribution is 6.33. The van der Waals surface area contributed by atoms with Gasteiger partial charge in [-0.05, 0) is 29.8 Å². The third-order valence-corrected chi connectivity index (χ3v) is 3.64. The number of hydrogen-bond donors (Lipinski definition) is 2. The van der Waals surface area contributed by atoms with E-state index in [0.717, 1.165) is 5.56 Å². The van der Waals surface area contributed by atoms with E-state index in [4.69, 9.17) is 16.3 Å². The average Bonchev–Trinajstić information content (AvgIpc) is 2.52. The van der Waals surface area contributed by atoms with E-state index in [2.05, 4.69) is 10.6 Å². The summed E-state index contributed by atoms with van der Waals surface area (Å²) < 4.78 is 19.0. The Labute approximate surface area is 136 Å². The quantitative estimate of drug-likeness (QED) is 0.907. The molecule has 0 fully saturated rings. The highest BCUT2D eigenvalue weighted by Gasteiger charge is 2.17. The van der Waals surface area contributed by atoms with Crippen LogP contribution < -0.4 is 15.4 Å². The summed E-state index contributed by atoms with van der Waals surface area (Å²) in [6.07, 6.45) is 0. The molecule has 2 N–H and O–H groups in total. The summed E-state index contributed by atoms with van der Waals surface area (Å²) in [4.78, 5) is 23.3. The van der Waals surface area contributed by atoms with Crippen molar-refractivity contribution in [2.75, 3.05) is 11.9 Å². The van der Waals surface area contributed by atoms with Gasteiger partial charge in [0, 0.05) is 6.54 Å². The molecular formula is C16H12ClFN2O3. The average molecular weight is 335 g/mol. The fraction of sp³-hybridized carbons (Fsp3) is 0.125. The molecule has 0 aromatic heterocycles. The number of halogens is 2. The van der Waals surface area contributed by atoms with Crippen molar-refractivity contribution in [1.29, 1.82) is 0 Å². The lowest BCUT2D eigenvalue weighted by molar-refractivity contribution is -0.118. The molecule has 0 atom stereocenters. The van der Waals surface area contributed by atoms with Gasteiger partial charge >= 0.3 is 0 Å². The Morgan fingerprint density at radius 3 is 2.96 bits per heavy atom. The summed E-state index contributed by atoms with van der Waals surface area (Å²) in [5.41, 5.74) is 1.14. The van der Waals surface area contributed by atoms with E-state index in [9.17, 15) is 14.0 Å². The number of carbonyl (C=O) groups is 2. The van der Waals surface area contributed by atoms with Gasteiger partial charge in [-0.1, -0.05) is 23.7 Å². The summed E-state index contributed by atoms with van der Waals surface area (Å²) in [5.74, 6) is -0.959. The monoisotopic (exact) mass is 334 g/mol. The Morgan fingerprint density at radius 2 is 2.17 bits per heavy atom. The number of ether oxygens (including phenoxy) is 1. The molecule has 7 heteroatoms. The van der Waals surface area contributed by atoms with Crippen molar-refractivity contribution in [2.45, 2.75) is 6.54 Å². The van der Waals surface area contributed by atoms with Crippen LogP contribution in [0, 0.1) is 5.82 Å². The summed E-state index contributed by atoms with van der Waals surface area (Å²) >= 11 is 5.85. The highest BCUT2D eigenvalue weighted by Crippen LogP contribution is 2.28. The van der Waals surface area contributed by atoms with Crippen LogP contribution in [-0.2, 0) is 11.3 Å². The van der Waals surface area contributed by atoms with Gasteiger partial charge in [0.15, 0.2) is 6.61 Å². The first-order valence-electron chi connectivity index (χ1n) is 6.82. The second-order valence-electron chi connectivity index (χ2n) is 4.95. The maximum atomic E-state index is 13.7. The topological polar surface area (TPSA) is 67.4 Å². The Bertz CT molecular complexity index is 775. The van der Waals surface area contributed by atoms with E-state index in [1.807, 2.05) is 0 Å². The maximum absolute atomic E-state index is 13.7. The van der Waals surface area contributed by atoms with E-state index in [1.165, 1.54) is 18.2 Å². The van der Waals surface area contributed by atoms with Crippen LogP contribution in [0.3, 0.4) is 0 Å². The molecule has 0 saturated heterocycles. The van der Waals surface area contributed by atoms with Crippen molar-refractivity contribution in [3.8, 4) is 5.75 Å². The summed E-state index contributed by atoms with van der Waals surface area (Å²) in [6, 6.07) is 9.19. The lowest BCUT2D eigenvalue weighted by Gasteiger charge is -2.18. The van der Waals surface area contributed by atoms with Crippen molar-refractivity contribution in [1.82, 2.24) is 5.32 Å². The Hall–Kier alpha value is -2.60. The number of fused-ring (bicyclic) bond motifs is 1. The third kappa shape index (κ3) is 3.27. The second kappa shape index (κ2) is 6.26. The number of hydrogen-bond acceptors (Lipinski definition) is 3. The summed E-state index contributed by atoms with van der Waals surface area (Å²) in [7, 11) is 0. The van der Waals surface area contributed by atoms with Gasteiger partial charge in [0.25, 0.3) is 11.8 Å². The molecule has 3 rings (SSSR count). The van der Waals surface area contributed by atoms with Crippen molar-refractivity contribution in [3.63, 3.8) is 0 Å². The van der Waals surface area contributed by atoms with E-state index in [1.54, 1.807) is 18.2 Å². The minimum atomic E-state index is -0.675. The molecule has 2 aromatic carbocycles. The normalized spacial score (nSPS) is 12.9. The minimum Gasteiger partial charge on any atom is -0.482 e. The molecule has 0 radical (unpaired) electrons. The largest absolute Gasteiger partial charge is 0.482 e. The number of amides is 2. The van der Waals surface area contributed by atoms with Crippen molar-refractivity contribution in [3.05, 3.63) is 58.4 Å². The van der Waals surface area contributed by atoms with Crippen LogP contribution in [0.25, 0.3) is 0 Å². The molecule has 1 aliphatic heterocycles. The van der Waals surface area contributed by atoms with Gasteiger partial charge in [-0.2, -0.15) is 0 Å². The van der Waals surface area contributed by atoms with Crippen LogP contribution >= 0.6 is 11.6 Å². The van der Waals surface area contributed by atoms with Crippen LogP contribution in [0.2, 0.25) is 5.02 Å². The van der Waals surface area contributed by atoms with Crippen LogP contribution in [0.15, 0.2) is 36.4 Å². The predicted molar refractivity (Wildman–Crippen MR) is 83.1 cm³/mol. The molecule has 0 spiro atoms. The third-order valence-electron chi connectivity index (χ3n) is 3.32. The molecule has 0 saturated carbocycles. The molecule has 0 bridgehead atoms. The zero-order chi connectivity index (χ0) is 16.4. The zero-order valence-corrected chi connectivity index (χ0v) is 12.6. The van der Waals surface area contributed by atoms with E-state index in [-0.39, 0.29) is 29.6 Å². The van der Waals surface area contributed by atoms with Gasteiger partial charge in [-0.15, -0.1) is 0 Å². The summed E-state index contributed by atoms with van der Waals surface area (Å²) in [6.45, 7) is 0.127. The molecule has 5 nitrogen and oxygen atoms in total. The molecule has 2 aromatic rings. The smallest absolute Gasteiger partial charge is 0.262 e. The molecule has 0 unspecified atom stereocenters. The van der Waals surface area contributed by atoms with Gasteiger partial charge in [-0.25, -0.2) is 4.39 Å². The van der Waals surface area contributed by atoms with Gasteiger partial charge in [0.05, 0.1) is 16.3 Å². The number of rotatable bonds is 3. The number of nitrogens with one attached hydrogen (secondary N) is 2. The molecular weight excluding hydrogens is 323 g/mol. The molecule has 2 amide bonds. The van der Waals surface area contributed by atoms with E-state index in [0.29, 0.717) is 11.4 Å². The van der Waals surface area contributed by atoms with Crippen molar-refractivity contribution >= 4 is 29.1 Å². The lowest BCUT2D eigenvalue weighted by atomic mass is 10.1. The Morgan fingerprint density at radius 1 is 1.35 bits per heavy atom. The van der Waals surface area contributed by atoms with Crippen molar-refractivity contribution < 1.29 is 18.7 Å². The van der Waals surface area contributed by atoms with E-state index >= 15 is 0 Å². The molecule has 118 valence electrons. The van der Waals surface area contributed by atoms with Crippen molar-refractivity contribution in [2.24, 2.45) is 0 Å². The number of benzene rings is 2. The predicted octanol–water partition coefficient (Wildman–Crippen LogP) is 2.74. The number of anilines is 1. The molecule has 1 heterocycles. The van der Waals surface area contributed by atoms with Crippen LogP contribution in [-0.4, -0.2) is 18.4 Å². The highest BCUT2D eigenvalue weighted by atomic mass is 35.5.